The van der Waals surface area contributed by atoms with E-state index < -0.39 is 154 Å². The van der Waals surface area contributed by atoms with E-state index in [-0.39, 0.29) is 22.3 Å². The smallest absolute Gasteiger partial charge is 0.444 e. The minimum absolute atomic E-state index is 0.205. The van der Waals surface area contributed by atoms with E-state index in [2.05, 4.69) is 9.47 Å². The molecule has 1 aliphatic rings. The molecule has 2 unspecified atom stereocenters. The number of ether oxygens (including phenoxy) is 3. The van der Waals surface area contributed by atoms with E-state index in [1.807, 2.05) is 0 Å². The molecule has 1 heterocycles. The molecule has 0 saturated carbocycles. The maximum atomic E-state index is 18.5. The topological polar surface area (TPSA) is 88.6 Å². The lowest BCUT2D eigenvalue weighted by atomic mass is 9.78. The van der Waals surface area contributed by atoms with Crippen LogP contribution in [-0.2, 0) is 14.3 Å². The average molecular weight is 1110 g/mol. The Hall–Kier alpha value is -7.85. The van der Waals surface area contributed by atoms with Gasteiger partial charge in [-0.15, -0.1) is 0 Å². The number of carbonyl (C=O) groups is 3. The van der Waals surface area contributed by atoms with Crippen molar-refractivity contribution in [2.24, 2.45) is 5.41 Å². The summed E-state index contributed by atoms with van der Waals surface area (Å²) in [7, 11) is 0. The number of hydrogen-bond acceptors (Lipinski definition) is 6. The zero-order valence-corrected chi connectivity index (χ0v) is 41.0. The van der Waals surface area contributed by atoms with Gasteiger partial charge in [-0.3, -0.25) is 9.59 Å². The van der Waals surface area contributed by atoms with Gasteiger partial charge in [0.05, 0.1) is 0 Å². The first-order chi connectivity index (χ1) is 36.6. The van der Waals surface area contributed by atoms with Crippen LogP contribution in [-0.4, -0.2) is 76.8 Å². The molecule has 4 atom stereocenters. The van der Waals surface area contributed by atoms with Gasteiger partial charge < -0.3 is 19.1 Å². The summed E-state index contributed by atoms with van der Waals surface area (Å²) in [5.41, 5.74) is -6.40. The number of amides is 3. The number of alkyl halides is 8. The Morgan fingerprint density at radius 1 is 0.513 bits per heavy atom. The van der Waals surface area contributed by atoms with Crippen LogP contribution in [0.1, 0.15) is 84.5 Å². The van der Waals surface area contributed by atoms with Crippen LogP contribution in [0.15, 0.2) is 146 Å². The van der Waals surface area contributed by atoms with Crippen LogP contribution in [0.5, 0.6) is 11.5 Å². The number of nitrogens with zero attached hydrogens (tertiary/aromatic N) is 3. The fraction of sp³-hybridized carbons (Fsp3) is 0.291. The van der Waals surface area contributed by atoms with E-state index in [9.17, 15) is 48.7 Å². The van der Waals surface area contributed by atoms with Gasteiger partial charge in [0.1, 0.15) is 52.5 Å². The maximum absolute atomic E-state index is 18.5. The lowest BCUT2D eigenvalue weighted by molar-refractivity contribution is -0.253. The highest BCUT2D eigenvalue weighted by molar-refractivity contribution is 6.06. The zero-order chi connectivity index (χ0) is 57.1. The molecule has 0 aliphatic carbocycles. The summed E-state index contributed by atoms with van der Waals surface area (Å²) in [6.07, 6.45) is -21.5. The van der Waals surface area contributed by atoms with Crippen molar-refractivity contribution in [3.05, 3.63) is 202 Å². The molecule has 9 nitrogen and oxygen atoms in total. The highest BCUT2D eigenvalue weighted by Crippen LogP contribution is 2.50. The SMILES string of the molecule is CC(C)(C)OC(=O)N1CCC(C(=O)N(F)C(c2ccccc2)[C@H](c2ccc(F)cc2)c2cc(F)cc(OC(F)(F)C(F)F)c2)(C(=O)N(F)C(c2ccccc2)[C@H](c2ccc(F)cc2)c2cc(F)cc(OC(F)(F)C(F)F)c2)C1. The van der Waals surface area contributed by atoms with E-state index in [1.54, 1.807) is 0 Å². The third kappa shape index (κ3) is 12.9. The van der Waals surface area contributed by atoms with Gasteiger partial charge in [0.15, 0.2) is 5.41 Å². The van der Waals surface area contributed by atoms with Crippen molar-refractivity contribution in [1.82, 2.24) is 15.1 Å². The van der Waals surface area contributed by atoms with Crippen molar-refractivity contribution in [3.8, 4) is 11.5 Å². The molecule has 0 N–H and O–H groups in total. The van der Waals surface area contributed by atoms with Crippen molar-refractivity contribution in [2.45, 2.75) is 81.8 Å². The molecule has 23 heteroatoms. The number of benzene rings is 6. The van der Waals surface area contributed by atoms with E-state index in [4.69, 9.17) is 4.74 Å². The van der Waals surface area contributed by atoms with Crippen LogP contribution in [0.4, 0.5) is 66.4 Å². The summed E-state index contributed by atoms with van der Waals surface area (Å²) >= 11 is 0. The molecular weight excluding hydrogens is 1060 g/mol. The third-order valence-electron chi connectivity index (χ3n) is 12.5. The largest absolute Gasteiger partial charge is 0.461 e. The Bertz CT molecular complexity index is 2880. The van der Waals surface area contributed by atoms with Crippen molar-refractivity contribution in [2.75, 3.05) is 13.1 Å². The summed E-state index contributed by atoms with van der Waals surface area (Å²) in [4.78, 5) is 45.9. The van der Waals surface area contributed by atoms with Gasteiger partial charge in [-0.2, -0.15) is 45.4 Å². The van der Waals surface area contributed by atoms with E-state index in [0.29, 0.717) is 36.4 Å². The minimum atomic E-state index is -5.22. The quantitative estimate of drug-likeness (QED) is 0.0484. The summed E-state index contributed by atoms with van der Waals surface area (Å²) < 4.78 is 222. The molecule has 1 aliphatic heterocycles. The molecule has 6 aromatic rings. The Labute approximate surface area is 436 Å². The first-order valence-corrected chi connectivity index (χ1v) is 23.5. The van der Waals surface area contributed by atoms with Gasteiger partial charge in [0.2, 0.25) is 0 Å². The lowest BCUT2D eigenvalue weighted by Crippen LogP contribution is -2.54. The van der Waals surface area contributed by atoms with Gasteiger partial charge in [-0.25, -0.2) is 22.4 Å². The summed E-state index contributed by atoms with van der Waals surface area (Å²) in [5, 5.41) is -1.16. The van der Waals surface area contributed by atoms with Crippen molar-refractivity contribution < 1.29 is 90.2 Å². The maximum Gasteiger partial charge on any atom is 0.461 e. The van der Waals surface area contributed by atoms with Crippen molar-refractivity contribution >= 4 is 17.9 Å². The van der Waals surface area contributed by atoms with Crippen LogP contribution >= 0.6 is 0 Å². The number of carbonyl (C=O) groups excluding carboxylic acids is 3. The number of halogens is 14. The number of hydrogen-bond donors (Lipinski definition) is 0. The molecule has 1 fully saturated rings. The van der Waals surface area contributed by atoms with Crippen molar-refractivity contribution in [1.29, 1.82) is 0 Å². The van der Waals surface area contributed by atoms with Gasteiger partial charge >= 0.3 is 31.2 Å². The number of likely N-dealkylation sites (tertiary alicyclic amines) is 1. The summed E-state index contributed by atoms with van der Waals surface area (Å²) in [6.45, 7) is 2.52. The van der Waals surface area contributed by atoms with Gasteiger partial charge in [-0.1, -0.05) is 93.9 Å². The van der Waals surface area contributed by atoms with Crippen LogP contribution in [0, 0.1) is 28.7 Å². The van der Waals surface area contributed by atoms with E-state index in [0.717, 1.165) is 53.4 Å². The second-order valence-corrected chi connectivity index (χ2v) is 19.1. The molecule has 0 aromatic heterocycles. The molecular formula is C55H45F14N3O6. The molecule has 0 bridgehead atoms. The highest BCUT2D eigenvalue weighted by atomic mass is 19.3. The fourth-order valence-electron chi connectivity index (χ4n) is 9.11. The first-order valence-electron chi connectivity index (χ1n) is 23.5. The van der Waals surface area contributed by atoms with Crippen LogP contribution in [0.2, 0.25) is 0 Å². The van der Waals surface area contributed by atoms with Crippen LogP contribution < -0.4 is 9.47 Å². The first kappa shape index (κ1) is 57.8. The number of rotatable bonds is 18. The molecule has 7 rings (SSSR count). The standard InChI is InChI=1S/C55H45F14N3O6/c1-52(2,3)78-51(75)70-23-22-53(30-70,49(73)71(68)45(33-10-6-4-7-11-33)43(31-14-18-37(56)19-15-31)35-24-39(58)28-41(26-35)76-54(64,65)47(60)61)50(74)72(69)46(34-12-8-5-9-13-34)44(32-16-20-38(57)21-17-32)36-25-40(59)29-42(27-36)77-55(66,67)48(62)63/h4-21,24-29,43-48H,22-23,30H2,1-3H3/t43-,44-,45?,46?,53?/m1/s1. The van der Waals surface area contributed by atoms with Gasteiger partial charge in [-0.05, 0) is 109 Å². The predicted molar refractivity (Wildman–Crippen MR) is 252 cm³/mol. The molecule has 1 saturated heterocycles. The van der Waals surface area contributed by atoms with Gasteiger partial charge in [0, 0.05) is 37.1 Å². The second kappa shape index (κ2) is 23.0. The summed E-state index contributed by atoms with van der Waals surface area (Å²) in [6, 6.07) is 19.1. The molecule has 6 aromatic carbocycles. The normalized spacial score (nSPS) is 16.6. The zero-order valence-electron chi connectivity index (χ0n) is 41.0. The van der Waals surface area contributed by atoms with E-state index >= 15 is 27.3 Å². The Balaban J connectivity index is 1.44. The molecule has 3 amide bonds. The van der Waals surface area contributed by atoms with Crippen molar-refractivity contribution in [3.63, 3.8) is 0 Å². The summed E-state index contributed by atoms with van der Waals surface area (Å²) in [5.74, 6) is -14.8. The monoisotopic (exact) mass is 1110 g/mol. The van der Waals surface area contributed by atoms with Crippen LogP contribution in [0.3, 0.4) is 0 Å². The molecule has 0 radical (unpaired) electrons. The van der Waals surface area contributed by atoms with E-state index in [1.165, 1.54) is 81.4 Å². The Kier molecular flexibility index (Phi) is 17.1. The fourth-order valence-corrected chi connectivity index (χ4v) is 9.11. The lowest BCUT2D eigenvalue weighted by Gasteiger charge is -2.39. The average Bonchev–Trinajstić information content (AvgIpc) is 3.95. The third-order valence-corrected chi connectivity index (χ3v) is 12.5. The second-order valence-electron chi connectivity index (χ2n) is 19.1. The molecule has 78 heavy (non-hydrogen) atoms. The predicted octanol–water partition coefficient (Wildman–Crippen LogP) is 14.2. The Morgan fingerprint density at radius 2 is 0.885 bits per heavy atom. The molecule has 414 valence electrons. The highest BCUT2D eigenvalue weighted by Gasteiger charge is 2.59. The van der Waals surface area contributed by atoms with Gasteiger partial charge in [0.25, 0.3) is 11.8 Å². The van der Waals surface area contributed by atoms with Crippen LogP contribution in [0.25, 0.3) is 0 Å². The Morgan fingerprint density at radius 3 is 1.23 bits per heavy atom. The minimum Gasteiger partial charge on any atom is -0.444 e. The molecule has 0 spiro atoms.